The van der Waals surface area contributed by atoms with Gasteiger partial charge in [-0.05, 0) is 67.9 Å². The highest BCUT2D eigenvalue weighted by Crippen LogP contribution is 2.52. The Morgan fingerprint density at radius 2 is 1.74 bits per heavy atom. The average Bonchev–Trinajstić information content (AvgIpc) is 2.69. The van der Waals surface area contributed by atoms with E-state index in [1.165, 1.54) is 44.6 Å². The van der Waals surface area contributed by atoms with Crippen LogP contribution >= 0.6 is 0 Å². The minimum Gasteiger partial charge on any atom is -0.481 e. The van der Waals surface area contributed by atoms with E-state index in [2.05, 4.69) is 6.92 Å². The molecule has 0 aromatic heterocycles. The number of benzene rings is 1. The molecular formula is C24H35FO2. The summed E-state index contributed by atoms with van der Waals surface area (Å²) in [5.74, 6) is 0.526. The first kappa shape index (κ1) is 20.4. The van der Waals surface area contributed by atoms with E-state index in [1.807, 2.05) is 12.1 Å². The van der Waals surface area contributed by atoms with Crippen molar-refractivity contribution in [3.8, 4) is 0 Å². The van der Waals surface area contributed by atoms with Crippen LogP contribution in [0, 0.1) is 23.1 Å². The van der Waals surface area contributed by atoms with E-state index >= 15 is 0 Å². The molecule has 1 aromatic carbocycles. The van der Waals surface area contributed by atoms with Crippen LogP contribution in [-0.2, 0) is 4.79 Å². The topological polar surface area (TPSA) is 37.3 Å². The standard InChI is InChI=1S/C24H35FO2/c1-2-3-4-7-18-10-12-20(13-11-18)24(23(26)27)16-14-19(15-17-24)21-8-5-6-9-22(21)25/h5-6,8-9,18-20H,2-4,7,10-17H2,1H3,(H,26,27). The fraction of sp³-hybridized carbons (Fsp3) is 0.708. The highest BCUT2D eigenvalue weighted by atomic mass is 19.1. The molecule has 0 spiro atoms. The molecule has 0 amide bonds. The SMILES string of the molecule is CCCCCC1CCC(C2(C(=O)O)CCC(c3ccccc3F)CC2)CC1. The minimum atomic E-state index is -0.607. The Kier molecular flexibility index (Phi) is 6.94. The third kappa shape index (κ3) is 4.55. The number of aliphatic carboxylic acids is 1. The van der Waals surface area contributed by atoms with Gasteiger partial charge in [-0.1, -0.05) is 63.6 Å². The van der Waals surface area contributed by atoms with Gasteiger partial charge in [-0.15, -0.1) is 0 Å². The van der Waals surface area contributed by atoms with Crippen molar-refractivity contribution >= 4 is 5.97 Å². The molecule has 3 rings (SSSR count). The van der Waals surface area contributed by atoms with Crippen LogP contribution in [0.4, 0.5) is 4.39 Å². The molecule has 0 saturated heterocycles. The number of unbranched alkanes of at least 4 members (excludes halogenated alkanes) is 2. The number of halogens is 1. The van der Waals surface area contributed by atoms with Crippen molar-refractivity contribution in [2.24, 2.45) is 17.3 Å². The van der Waals surface area contributed by atoms with Gasteiger partial charge in [0, 0.05) is 0 Å². The molecule has 0 aliphatic heterocycles. The summed E-state index contributed by atoms with van der Waals surface area (Å²) in [7, 11) is 0. The van der Waals surface area contributed by atoms with Crippen molar-refractivity contribution in [2.75, 3.05) is 0 Å². The fourth-order valence-corrected chi connectivity index (χ4v) is 5.73. The Morgan fingerprint density at radius 1 is 1.07 bits per heavy atom. The number of carboxylic acid groups (broad SMARTS) is 1. The molecule has 2 nitrogen and oxygen atoms in total. The molecule has 0 atom stereocenters. The molecule has 2 fully saturated rings. The van der Waals surface area contributed by atoms with Gasteiger partial charge in [-0.2, -0.15) is 0 Å². The van der Waals surface area contributed by atoms with Crippen molar-refractivity contribution in [3.05, 3.63) is 35.6 Å². The summed E-state index contributed by atoms with van der Waals surface area (Å²) >= 11 is 0. The lowest BCUT2D eigenvalue weighted by atomic mass is 9.58. The van der Waals surface area contributed by atoms with E-state index in [0.717, 1.165) is 37.2 Å². The quantitative estimate of drug-likeness (QED) is 0.525. The summed E-state index contributed by atoms with van der Waals surface area (Å²) in [6, 6.07) is 7.00. The van der Waals surface area contributed by atoms with Gasteiger partial charge in [0.1, 0.15) is 5.82 Å². The van der Waals surface area contributed by atoms with E-state index in [0.29, 0.717) is 18.8 Å². The first-order valence-corrected chi connectivity index (χ1v) is 11.0. The van der Waals surface area contributed by atoms with Gasteiger partial charge in [0.15, 0.2) is 0 Å². The molecular weight excluding hydrogens is 339 g/mol. The van der Waals surface area contributed by atoms with E-state index in [-0.39, 0.29) is 11.7 Å². The van der Waals surface area contributed by atoms with Crippen molar-refractivity contribution < 1.29 is 14.3 Å². The molecule has 2 saturated carbocycles. The van der Waals surface area contributed by atoms with Crippen LogP contribution < -0.4 is 0 Å². The maximum absolute atomic E-state index is 14.1. The normalized spacial score (nSPS) is 31.6. The summed E-state index contributed by atoms with van der Waals surface area (Å²) in [6.07, 6.45) is 12.7. The van der Waals surface area contributed by atoms with Crippen LogP contribution in [0.5, 0.6) is 0 Å². The van der Waals surface area contributed by atoms with Crippen molar-refractivity contribution in [1.82, 2.24) is 0 Å². The van der Waals surface area contributed by atoms with Crippen molar-refractivity contribution in [3.63, 3.8) is 0 Å². The summed E-state index contributed by atoms with van der Waals surface area (Å²) in [4.78, 5) is 12.3. The zero-order valence-corrected chi connectivity index (χ0v) is 16.8. The van der Waals surface area contributed by atoms with E-state index in [9.17, 15) is 14.3 Å². The Morgan fingerprint density at radius 3 is 2.33 bits per heavy atom. The molecule has 3 heteroatoms. The van der Waals surface area contributed by atoms with Gasteiger partial charge >= 0.3 is 5.97 Å². The second kappa shape index (κ2) is 9.21. The van der Waals surface area contributed by atoms with Crippen molar-refractivity contribution in [1.29, 1.82) is 0 Å². The van der Waals surface area contributed by atoms with Crippen LogP contribution in [0.25, 0.3) is 0 Å². The molecule has 150 valence electrons. The highest BCUT2D eigenvalue weighted by Gasteiger charge is 2.48. The Balaban J connectivity index is 1.60. The monoisotopic (exact) mass is 374 g/mol. The van der Waals surface area contributed by atoms with Gasteiger partial charge in [0.05, 0.1) is 5.41 Å². The lowest BCUT2D eigenvalue weighted by molar-refractivity contribution is -0.157. The third-order valence-corrected chi connectivity index (χ3v) is 7.49. The summed E-state index contributed by atoms with van der Waals surface area (Å²) in [5.41, 5.74) is 0.201. The van der Waals surface area contributed by atoms with Gasteiger partial charge in [-0.25, -0.2) is 4.39 Å². The number of carbonyl (C=O) groups is 1. The summed E-state index contributed by atoms with van der Waals surface area (Å²) in [6.45, 7) is 2.24. The third-order valence-electron chi connectivity index (χ3n) is 7.49. The molecule has 1 N–H and O–H groups in total. The molecule has 0 heterocycles. The van der Waals surface area contributed by atoms with E-state index in [4.69, 9.17) is 0 Å². The van der Waals surface area contributed by atoms with Crippen LogP contribution in [0.1, 0.15) is 95.5 Å². The maximum Gasteiger partial charge on any atom is 0.309 e. The lowest BCUT2D eigenvalue weighted by Gasteiger charge is -2.45. The van der Waals surface area contributed by atoms with E-state index in [1.54, 1.807) is 6.07 Å². The lowest BCUT2D eigenvalue weighted by Crippen LogP contribution is -2.43. The molecule has 1 aromatic rings. The predicted octanol–water partition coefficient (Wildman–Crippen LogP) is 6.94. The largest absolute Gasteiger partial charge is 0.481 e. The molecule has 2 aliphatic rings. The Hall–Kier alpha value is -1.38. The molecule has 2 aliphatic carbocycles. The molecule has 0 unspecified atom stereocenters. The van der Waals surface area contributed by atoms with Gasteiger partial charge in [0.25, 0.3) is 0 Å². The van der Waals surface area contributed by atoms with Crippen LogP contribution in [0.3, 0.4) is 0 Å². The Bertz CT molecular complexity index is 611. The number of hydrogen-bond donors (Lipinski definition) is 1. The van der Waals surface area contributed by atoms with Crippen LogP contribution in [-0.4, -0.2) is 11.1 Å². The second-order valence-electron chi connectivity index (χ2n) is 8.97. The number of carboxylic acids is 1. The smallest absolute Gasteiger partial charge is 0.309 e. The minimum absolute atomic E-state index is 0.141. The average molecular weight is 375 g/mol. The first-order valence-electron chi connectivity index (χ1n) is 11.0. The van der Waals surface area contributed by atoms with Gasteiger partial charge < -0.3 is 5.11 Å². The highest BCUT2D eigenvalue weighted by molar-refractivity contribution is 5.75. The molecule has 0 radical (unpaired) electrons. The number of rotatable bonds is 7. The summed E-state index contributed by atoms with van der Waals surface area (Å²) in [5, 5.41) is 10.1. The van der Waals surface area contributed by atoms with Crippen LogP contribution in [0.15, 0.2) is 24.3 Å². The van der Waals surface area contributed by atoms with Crippen molar-refractivity contribution in [2.45, 2.75) is 89.9 Å². The summed E-state index contributed by atoms with van der Waals surface area (Å²) < 4.78 is 14.1. The molecule has 27 heavy (non-hydrogen) atoms. The van der Waals surface area contributed by atoms with Crippen LogP contribution in [0.2, 0.25) is 0 Å². The molecule has 0 bridgehead atoms. The Labute approximate surface area is 163 Å². The first-order chi connectivity index (χ1) is 13.1. The second-order valence-corrected chi connectivity index (χ2v) is 8.97. The van der Waals surface area contributed by atoms with E-state index < -0.39 is 11.4 Å². The zero-order valence-electron chi connectivity index (χ0n) is 16.8. The maximum atomic E-state index is 14.1. The number of hydrogen-bond acceptors (Lipinski definition) is 1. The zero-order chi connectivity index (χ0) is 19.3. The fourth-order valence-electron chi connectivity index (χ4n) is 5.73. The van der Waals surface area contributed by atoms with Gasteiger partial charge in [0.2, 0.25) is 0 Å². The van der Waals surface area contributed by atoms with Gasteiger partial charge in [-0.3, -0.25) is 4.79 Å². The predicted molar refractivity (Wildman–Crippen MR) is 107 cm³/mol.